The van der Waals surface area contributed by atoms with Gasteiger partial charge in [0.25, 0.3) is 0 Å². The van der Waals surface area contributed by atoms with E-state index in [1.54, 1.807) is 0 Å². The van der Waals surface area contributed by atoms with Gasteiger partial charge in [0.05, 0.1) is 0 Å². The number of allylic oxidation sites excluding steroid dienone is 10. The van der Waals surface area contributed by atoms with E-state index in [-0.39, 0.29) is 56.4 Å². The van der Waals surface area contributed by atoms with Crippen LogP contribution < -0.4 is 24.8 Å². The van der Waals surface area contributed by atoms with Crippen molar-refractivity contribution in [3.63, 3.8) is 0 Å². The Morgan fingerprint density at radius 3 is 1.56 bits per heavy atom. The minimum absolute atomic E-state index is 0. The first-order valence-corrected chi connectivity index (χ1v) is 18.7. The van der Waals surface area contributed by atoms with Crippen LogP contribution in [-0.4, -0.2) is 0 Å². The molecule has 0 bridgehead atoms. The molecule has 1 radical (unpaired) electrons. The zero-order valence-electron chi connectivity index (χ0n) is 23.0. The van der Waals surface area contributed by atoms with Crippen molar-refractivity contribution in [1.29, 1.82) is 0 Å². The second-order valence-corrected chi connectivity index (χ2v) is 13.5. The van der Waals surface area contributed by atoms with Crippen LogP contribution in [0.25, 0.3) is 12.2 Å². The Hall–Kier alpha value is -0.194. The first-order chi connectivity index (χ1) is 17.3. The number of hydrogen-bond acceptors (Lipinski definition) is 0. The summed E-state index contributed by atoms with van der Waals surface area (Å²) in [4.78, 5) is 0. The summed E-state index contributed by atoms with van der Waals surface area (Å²) in [6.45, 7) is 10.9. The minimum Gasteiger partial charge on any atom is 3.00 e. The number of benzene rings is 2. The molecule has 6 heteroatoms. The molecule has 0 aromatic heterocycles. The molecule has 0 saturated carbocycles. The maximum Gasteiger partial charge on any atom is 3.00 e. The molecule has 2 atom stereocenters. The maximum atomic E-state index is 4.93. The topological polar surface area (TPSA) is 0 Å². The molecule has 0 amide bonds. The van der Waals surface area contributed by atoms with Gasteiger partial charge < -0.3 is 24.8 Å². The first kappa shape index (κ1) is 38.8. The Balaban J connectivity index is 0.000000588. The maximum absolute atomic E-state index is 4.93. The van der Waals surface area contributed by atoms with E-state index in [0.29, 0.717) is 11.8 Å². The van der Waals surface area contributed by atoms with Crippen molar-refractivity contribution in [3.05, 3.63) is 130 Å². The van der Waals surface area contributed by atoms with Gasteiger partial charge in [-0.05, 0) is 22.3 Å². The molecule has 0 nitrogen and oxygen atoms in total. The largest absolute Gasteiger partial charge is 3.00 e. The van der Waals surface area contributed by atoms with Gasteiger partial charge in [-0.15, -0.1) is 13.3 Å². The summed E-state index contributed by atoms with van der Waals surface area (Å²) in [5, 5.41) is 0. The predicted octanol–water partition coefficient (Wildman–Crippen LogP) is 4.41. The fourth-order valence-corrected chi connectivity index (χ4v) is 4.93. The van der Waals surface area contributed by atoms with Gasteiger partial charge in [-0.1, -0.05) is 106 Å². The summed E-state index contributed by atoms with van der Waals surface area (Å²) < 4.78 is 0. The molecule has 4 aliphatic carbocycles. The van der Waals surface area contributed by atoms with Crippen molar-refractivity contribution >= 4 is 29.2 Å². The van der Waals surface area contributed by atoms with Crippen LogP contribution in [0.5, 0.6) is 0 Å². The molecule has 6 rings (SSSR count). The molecular weight excluding hydrogens is 721 g/mol. The molecule has 0 spiro atoms. The molecule has 0 heterocycles. The average Bonchev–Trinajstić information content (AvgIpc) is 3.67. The van der Waals surface area contributed by atoms with E-state index < -0.39 is 20.8 Å². The van der Waals surface area contributed by atoms with Crippen LogP contribution >= 0.6 is 17.0 Å². The summed E-state index contributed by atoms with van der Waals surface area (Å²) in [6.07, 6.45) is 22.7. The van der Waals surface area contributed by atoms with Crippen molar-refractivity contribution in [2.24, 2.45) is 5.41 Å². The molecule has 4 aliphatic rings. The van der Waals surface area contributed by atoms with E-state index in [1.807, 2.05) is 12.2 Å². The van der Waals surface area contributed by atoms with E-state index in [4.69, 9.17) is 17.0 Å². The van der Waals surface area contributed by atoms with Gasteiger partial charge >= 0.3 is 64.1 Å². The third-order valence-electron chi connectivity index (χ3n) is 7.21. The van der Waals surface area contributed by atoms with Gasteiger partial charge in [0.15, 0.2) is 0 Å². The van der Waals surface area contributed by atoms with Crippen LogP contribution in [0.3, 0.4) is 0 Å². The second kappa shape index (κ2) is 19.1. The van der Waals surface area contributed by atoms with Crippen LogP contribution in [-0.2, 0) is 47.1 Å². The number of hydrogen-bond donors (Lipinski definition) is 0. The average molecular weight is 755 g/mol. The standard InChI is InChI=1S/C18H14.C10H15.C5H5.4ClH.2Zr/c1-3-7-15-13(5-1)9-11-17(15)18-12-10-14-6-2-4-8-16(14)18;1-7-6-10(4,5)9(3)8(7)2;1-2-4-5-3-1;;;;;;/h1-12,17-18H;1-5H3;1-3H,4H2;4*1H;;/q;2*-1;;;;;+2;+3/p-4. The molecule has 0 fully saturated rings. The number of halogens is 4. The smallest absolute Gasteiger partial charge is 3.00 e. The molecule has 0 saturated heterocycles. The van der Waals surface area contributed by atoms with Gasteiger partial charge in [0.2, 0.25) is 0 Å². The normalized spacial score (nSPS) is 19.3. The van der Waals surface area contributed by atoms with Gasteiger partial charge in [0.1, 0.15) is 0 Å². The van der Waals surface area contributed by atoms with Gasteiger partial charge in [0, 0.05) is 11.8 Å². The number of fused-ring (bicyclic) bond motifs is 2. The molecule has 2 aromatic rings. The number of rotatable bonds is 1. The molecule has 39 heavy (non-hydrogen) atoms. The predicted molar refractivity (Wildman–Crippen MR) is 154 cm³/mol. The summed E-state index contributed by atoms with van der Waals surface area (Å²) in [5.74, 6) is 1.00. The summed E-state index contributed by atoms with van der Waals surface area (Å²) in [6, 6.07) is 17.4. The zero-order chi connectivity index (χ0) is 26.1. The van der Waals surface area contributed by atoms with Gasteiger partial charge in [-0.25, -0.2) is 17.7 Å². The first-order valence-electron chi connectivity index (χ1n) is 12.3. The van der Waals surface area contributed by atoms with Crippen LogP contribution in [0.15, 0.2) is 95.6 Å². The molecular formula is C33H34Cl4Zr2-. The van der Waals surface area contributed by atoms with Crippen LogP contribution in [0.2, 0.25) is 0 Å². The Morgan fingerprint density at radius 2 is 1.28 bits per heavy atom. The molecule has 2 unspecified atom stereocenters. The minimum atomic E-state index is -0.826. The third kappa shape index (κ3) is 10.5. The van der Waals surface area contributed by atoms with E-state index in [0.717, 1.165) is 6.42 Å². The molecule has 2 aromatic carbocycles. The Kier molecular flexibility index (Phi) is 19.0. The van der Waals surface area contributed by atoms with Crippen LogP contribution in [0, 0.1) is 17.6 Å². The fraction of sp³-hybridized carbons (Fsp3) is 0.273. The SMILES string of the molecule is C1=CC(C2C=Cc3ccccc32)c2ccccc21.CC1=[C-]C(C)(C)C(C)=C1C.[C-]1=CC=CC1.[Cl-].[Cl-].[Cl][Zr][Cl].[Zr+3]. The van der Waals surface area contributed by atoms with Crippen molar-refractivity contribution in [2.45, 2.75) is 52.9 Å². The second-order valence-electron chi connectivity index (χ2n) is 9.73. The van der Waals surface area contributed by atoms with Crippen LogP contribution in [0.4, 0.5) is 0 Å². The summed E-state index contributed by atoms with van der Waals surface area (Å²) in [7, 11) is 9.87. The zero-order valence-corrected chi connectivity index (χ0v) is 31.0. The molecule has 0 aliphatic heterocycles. The summed E-state index contributed by atoms with van der Waals surface area (Å²) in [5.41, 5.74) is 10.1. The van der Waals surface area contributed by atoms with E-state index in [2.05, 4.69) is 126 Å². The Bertz CT molecular complexity index is 1170. The quantitative estimate of drug-likeness (QED) is 0.379. The third-order valence-corrected chi connectivity index (χ3v) is 7.21. The van der Waals surface area contributed by atoms with E-state index in [1.165, 1.54) is 39.0 Å². The van der Waals surface area contributed by atoms with Crippen molar-refractivity contribution in [2.75, 3.05) is 0 Å². The Labute approximate surface area is 286 Å². The Morgan fingerprint density at radius 1 is 0.821 bits per heavy atom. The van der Waals surface area contributed by atoms with Crippen molar-refractivity contribution < 1.29 is 71.9 Å². The molecule has 0 N–H and O–H groups in total. The van der Waals surface area contributed by atoms with Crippen molar-refractivity contribution in [3.8, 4) is 0 Å². The van der Waals surface area contributed by atoms with Crippen LogP contribution in [0.1, 0.15) is 75.1 Å². The van der Waals surface area contributed by atoms with E-state index >= 15 is 0 Å². The van der Waals surface area contributed by atoms with Gasteiger partial charge in [-0.3, -0.25) is 12.2 Å². The fourth-order valence-electron chi connectivity index (χ4n) is 4.93. The monoisotopic (exact) mass is 750 g/mol. The van der Waals surface area contributed by atoms with E-state index in [9.17, 15) is 0 Å². The van der Waals surface area contributed by atoms with Gasteiger partial charge in [-0.2, -0.15) is 17.2 Å². The molecule has 203 valence electrons. The summed E-state index contributed by atoms with van der Waals surface area (Å²) >= 11 is -0.826. The van der Waals surface area contributed by atoms with Crippen molar-refractivity contribution in [1.82, 2.24) is 0 Å².